The van der Waals surface area contributed by atoms with E-state index in [1.807, 2.05) is 60.7 Å². The van der Waals surface area contributed by atoms with Crippen LogP contribution in [0.25, 0.3) is 117 Å². The first-order chi connectivity index (χ1) is 32.2. The summed E-state index contributed by atoms with van der Waals surface area (Å²) < 4.78 is 7.12. The molecule has 7 nitrogen and oxygen atoms in total. The van der Waals surface area contributed by atoms with E-state index >= 15 is 0 Å². The number of benzene rings is 9. The van der Waals surface area contributed by atoms with E-state index < -0.39 is 0 Å². The molecule has 0 radical (unpaired) electrons. The Hall–Kier alpha value is -8.94. The van der Waals surface area contributed by atoms with Crippen LogP contribution in [0.5, 0.6) is 0 Å². The molecule has 0 N–H and O–H groups in total. The summed E-state index contributed by atoms with van der Waals surface area (Å²) in [6.07, 6.45) is 0. The number of hydrogen-bond acceptors (Lipinski definition) is 4. The van der Waals surface area contributed by atoms with Gasteiger partial charge in [0, 0.05) is 50.1 Å². The largest absolute Gasteiger partial charge is 0.308 e. The fourth-order valence-corrected chi connectivity index (χ4v) is 9.55. The topological polar surface area (TPSA) is 66.3 Å². The van der Waals surface area contributed by atoms with Crippen molar-refractivity contribution in [3.8, 4) is 62.6 Å². The Bertz CT molecular complexity index is 3870. The second kappa shape index (κ2) is 14.9. The van der Waals surface area contributed by atoms with Gasteiger partial charge in [0.2, 0.25) is 0 Å². The van der Waals surface area contributed by atoms with Gasteiger partial charge in [0.05, 0.1) is 21.9 Å². The van der Waals surface area contributed by atoms with Crippen molar-refractivity contribution in [3.05, 3.63) is 224 Å². The van der Waals surface area contributed by atoms with Crippen LogP contribution < -0.4 is 0 Å². The predicted molar refractivity (Wildman–Crippen MR) is 265 cm³/mol. The minimum Gasteiger partial charge on any atom is -0.308 e. The second-order valence-corrected chi connectivity index (χ2v) is 16.3. The molecular formula is C58H37N7. The highest BCUT2D eigenvalue weighted by atomic mass is 15.2. The molecule has 4 aromatic heterocycles. The van der Waals surface area contributed by atoms with Crippen molar-refractivity contribution in [1.29, 1.82) is 0 Å². The lowest BCUT2D eigenvalue weighted by molar-refractivity contribution is 1.07. The molecule has 0 saturated heterocycles. The summed E-state index contributed by atoms with van der Waals surface area (Å²) in [5.41, 5.74) is 12.0. The van der Waals surface area contributed by atoms with Gasteiger partial charge >= 0.3 is 0 Å². The summed E-state index contributed by atoms with van der Waals surface area (Å²) in [5, 5.41) is 5.85. The fourth-order valence-electron chi connectivity index (χ4n) is 9.55. The lowest BCUT2D eigenvalue weighted by Crippen LogP contribution is -2.01. The first-order valence-electron chi connectivity index (χ1n) is 21.8. The molecule has 7 heteroatoms. The average Bonchev–Trinajstić information content (AvgIpc) is 4.04. The van der Waals surface area contributed by atoms with Crippen LogP contribution >= 0.6 is 0 Å². The number of hydrogen-bond donors (Lipinski definition) is 0. The third-order valence-electron chi connectivity index (χ3n) is 12.5. The highest BCUT2D eigenvalue weighted by Gasteiger charge is 2.27. The van der Waals surface area contributed by atoms with Gasteiger partial charge in [0.1, 0.15) is 11.3 Å². The molecule has 13 rings (SSSR count). The van der Waals surface area contributed by atoms with Gasteiger partial charge in [-0.05, 0) is 59.3 Å². The smallest absolute Gasteiger partial charge is 0.165 e. The molecular weight excluding hydrogens is 795 g/mol. The molecule has 0 aliphatic heterocycles. The van der Waals surface area contributed by atoms with Gasteiger partial charge in [-0.15, -0.1) is 0 Å². The van der Waals surface area contributed by atoms with E-state index in [-0.39, 0.29) is 0 Å². The van der Waals surface area contributed by atoms with Crippen molar-refractivity contribution in [1.82, 2.24) is 33.6 Å². The summed E-state index contributed by atoms with van der Waals surface area (Å²) >= 11 is 0. The Morgan fingerprint density at radius 2 is 0.846 bits per heavy atom. The summed E-state index contributed by atoms with van der Waals surface area (Å²) in [4.78, 5) is 20.9. The first-order valence-corrected chi connectivity index (χ1v) is 21.8. The van der Waals surface area contributed by atoms with Crippen LogP contribution in [0.3, 0.4) is 0 Å². The van der Waals surface area contributed by atoms with Crippen LogP contribution in [-0.2, 0) is 0 Å². The van der Waals surface area contributed by atoms with E-state index in [0.717, 1.165) is 78.2 Å². The molecule has 0 amide bonds. The van der Waals surface area contributed by atoms with Crippen LogP contribution in [0.4, 0.5) is 0 Å². The summed E-state index contributed by atoms with van der Waals surface area (Å²) in [6, 6.07) is 78.5. The zero-order valence-corrected chi connectivity index (χ0v) is 35.0. The van der Waals surface area contributed by atoms with Crippen molar-refractivity contribution >= 4 is 54.6 Å². The van der Waals surface area contributed by atoms with Crippen LogP contribution in [0.1, 0.15) is 0 Å². The van der Waals surface area contributed by atoms with E-state index in [0.29, 0.717) is 17.5 Å². The Labute approximate surface area is 373 Å². The van der Waals surface area contributed by atoms with E-state index in [1.165, 1.54) is 21.5 Å². The van der Waals surface area contributed by atoms with E-state index in [4.69, 9.17) is 19.9 Å². The van der Waals surface area contributed by atoms with E-state index in [1.54, 1.807) is 0 Å². The quantitative estimate of drug-likeness (QED) is 0.160. The molecule has 0 spiro atoms. The number of nitrogens with zero attached hydrogens (tertiary/aromatic N) is 7. The molecule has 0 aliphatic rings. The van der Waals surface area contributed by atoms with Crippen molar-refractivity contribution in [2.45, 2.75) is 0 Å². The lowest BCUT2D eigenvalue weighted by Gasteiger charge is -2.13. The van der Waals surface area contributed by atoms with Gasteiger partial charge in [-0.25, -0.2) is 19.9 Å². The van der Waals surface area contributed by atoms with E-state index in [2.05, 4.69) is 177 Å². The lowest BCUT2D eigenvalue weighted by atomic mass is 10.1. The molecule has 304 valence electrons. The maximum Gasteiger partial charge on any atom is 0.165 e. The number of imidazole rings is 1. The van der Waals surface area contributed by atoms with Crippen LogP contribution in [0, 0.1) is 0 Å². The fraction of sp³-hybridized carbons (Fsp3) is 0. The highest BCUT2D eigenvalue weighted by molar-refractivity contribution is 6.25. The Kier molecular flexibility index (Phi) is 8.39. The van der Waals surface area contributed by atoms with Gasteiger partial charge in [-0.3, -0.25) is 9.13 Å². The Morgan fingerprint density at radius 1 is 0.292 bits per heavy atom. The molecule has 0 unspecified atom stereocenters. The van der Waals surface area contributed by atoms with Crippen molar-refractivity contribution < 1.29 is 0 Å². The minimum absolute atomic E-state index is 0.589. The zero-order chi connectivity index (χ0) is 42.8. The van der Waals surface area contributed by atoms with E-state index in [9.17, 15) is 0 Å². The Balaban J connectivity index is 1.15. The summed E-state index contributed by atoms with van der Waals surface area (Å²) in [7, 11) is 0. The SMILES string of the molecule is c1ccc(-c2nc(-c3ccccc3)nc(-c3cccc(-n4c5ccc6c7ccccc7n(-c7ccc8ccccc8c7)c6c5c5c4nc(-c4ccccc4)n5-c4ccccc4)c3)n2)cc1. The average molecular weight is 832 g/mol. The second-order valence-electron chi connectivity index (χ2n) is 16.3. The van der Waals surface area contributed by atoms with Crippen molar-refractivity contribution in [2.24, 2.45) is 0 Å². The minimum atomic E-state index is 0.589. The predicted octanol–water partition coefficient (Wildman–Crippen LogP) is 14.1. The zero-order valence-electron chi connectivity index (χ0n) is 35.0. The number of para-hydroxylation sites is 2. The highest BCUT2D eigenvalue weighted by Crippen LogP contribution is 2.44. The van der Waals surface area contributed by atoms with Gasteiger partial charge in [0.25, 0.3) is 0 Å². The molecule has 0 aliphatic carbocycles. The van der Waals surface area contributed by atoms with Gasteiger partial charge < -0.3 is 4.57 Å². The van der Waals surface area contributed by atoms with Crippen LogP contribution in [0.15, 0.2) is 224 Å². The van der Waals surface area contributed by atoms with Crippen LogP contribution in [0.2, 0.25) is 0 Å². The maximum atomic E-state index is 5.66. The standard InChI is InChI=1S/C58H37N7/c1-5-19-39(20-6-1)54-59-55(40-21-7-2-8-22-40)61-56(60-54)43-26-17-29-45(37-43)64-50-35-34-48-47-30-15-16-31-49(47)63(46-33-32-38-18-13-14-25-42(38)36-46)52(48)51(50)53-58(64)62-57(41-23-9-3-10-24-41)65(53)44-27-11-4-12-28-44/h1-37H. The number of fused-ring (bicyclic) bond motifs is 8. The summed E-state index contributed by atoms with van der Waals surface area (Å²) in [6.45, 7) is 0. The molecule has 13 aromatic rings. The molecule has 9 aromatic carbocycles. The third kappa shape index (κ3) is 5.98. The number of rotatable bonds is 7. The monoisotopic (exact) mass is 831 g/mol. The molecule has 0 saturated carbocycles. The normalized spacial score (nSPS) is 11.7. The van der Waals surface area contributed by atoms with Gasteiger partial charge in [0.15, 0.2) is 23.1 Å². The van der Waals surface area contributed by atoms with Gasteiger partial charge in [-0.2, -0.15) is 0 Å². The molecule has 0 atom stereocenters. The third-order valence-corrected chi connectivity index (χ3v) is 12.5. The van der Waals surface area contributed by atoms with Crippen molar-refractivity contribution in [2.75, 3.05) is 0 Å². The van der Waals surface area contributed by atoms with Crippen LogP contribution in [-0.4, -0.2) is 33.6 Å². The maximum absolute atomic E-state index is 5.66. The Morgan fingerprint density at radius 3 is 1.55 bits per heavy atom. The molecule has 65 heavy (non-hydrogen) atoms. The van der Waals surface area contributed by atoms with Crippen molar-refractivity contribution in [3.63, 3.8) is 0 Å². The molecule has 4 heterocycles. The van der Waals surface area contributed by atoms with Gasteiger partial charge in [-0.1, -0.05) is 176 Å². The number of aromatic nitrogens is 7. The molecule has 0 fully saturated rings. The summed E-state index contributed by atoms with van der Waals surface area (Å²) in [5.74, 6) is 2.68. The molecule has 0 bridgehead atoms. The first kappa shape index (κ1) is 36.7.